The summed E-state index contributed by atoms with van der Waals surface area (Å²) in [7, 11) is -2.46. The number of nitrogens with one attached hydrogen (secondary N) is 2. The normalized spacial score (nSPS) is 11.2. The van der Waals surface area contributed by atoms with Crippen molar-refractivity contribution in [1.82, 2.24) is 10.0 Å². The Balaban J connectivity index is 1.97. The number of halogens is 1. The third kappa shape index (κ3) is 4.97. The third-order valence-electron chi connectivity index (χ3n) is 3.73. The molecule has 0 aliphatic carbocycles. The first-order chi connectivity index (χ1) is 12.2. The van der Waals surface area contributed by atoms with Crippen LogP contribution in [-0.2, 0) is 10.0 Å². The van der Waals surface area contributed by atoms with Crippen LogP contribution in [-0.4, -0.2) is 34.5 Å². The Morgan fingerprint density at radius 1 is 1.15 bits per heavy atom. The van der Waals surface area contributed by atoms with E-state index in [4.69, 9.17) is 16.3 Å². The summed E-state index contributed by atoms with van der Waals surface area (Å²) in [5.74, 6) is 0.359. The topological polar surface area (TPSA) is 84.5 Å². The second kappa shape index (κ2) is 8.53. The van der Waals surface area contributed by atoms with E-state index >= 15 is 0 Å². The summed E-state index contributed by atoms with van der Waals surface area (Å²) < 4.78 is 31.7. The standard InChI is InChI=1S/C18H21ClN2O4S/c1-12-4-7-16(13(2)10-12)25-9-8-21-18(22)14-5-6-15(19)17(11-14)26(23,24)20-3/h4-7,10-11,20H,8-9H2,1-3H3,(H,21,22). The minimum atomic E-state index is -3.74. The van der Waals surface area contributed by atoms with Crippen LogP contribution in [0.4, 0.5) is 0 Å². The van der Waals surface area contributed by atoms with Gasteiger partial charge >= 0.3 is 0 Å². The molecule has 2 N–H and O–H groups in total. The molecule has 0 heterocycles. The molecule has 0 unspecified atom stereocenters. The number of carbonyl (C=O) groups is 1. The predicted molar refractivity (Wildman–Crippen MR) is 101 cm³/mol. The van der Waals surface area contributed by atoms with E-state index in [2.05, 4.69) is 10.0 Å². The molecule has 0 spiro atoms. The average Bonchev–Trinajstić information content (AvgIpc) is 2.60. The lowest BCUT2D eigenvalue weighted by atomic mass is 10.1. The summed E-state index contributed by atoms with van der Waals surface area (Å²) in [5, 5.41) is 2.74. The van der Waals surface area contributed by atoms with E-state index < -0.39 is 15.9 Å². The largest absolute Gasteiger partial charge is 0.491 e. The fraction of sp³-hybridized carbons (Fsp3) is 0.278. The smallest absolute Gasteiger partial charge is 0.251 e. The first kappa shape index (κ1) is 20.2. The summed E-state index contributed by atoms with van der Waals surface area (Å²) in [4.78, 5) is 12.1. The number of amides is 1. The predicted octanol–water partition coefficient (Wildman–Crippen LogP) is 2.67. The van der Waals surface area contributed by atoms with Crippen LogP contribution < -0.4 is 14.8 Å². The number of hydrogen-bond acceptors (Lipinski definition) is 4. The van der Waals surface area contributed by atoms with Crippen molar-refractivity contribution in [2.75, 3.05) is 20.2 Å². The third-order valence-corrected chi connectivity index (χ3v) is 5.62. The molecule has 2 aromatic rings. The number of carbonyl (C=O) groups excluding carboxylic acids is 1. The molecule has 140 valence electrons. The molecule has 6 nitrogen and oxygen atoms in total. The zero-order chi connectivity index (χ0) is 19.3. The molecule has 8 heteroatoms. The summed E-state index contributed by atoms with van der Waals surface area (Å²) in [6.45, 7) is 4.54. The first-order valence-corrected chi connectivity index (χ1v) is 9.82. The Morgan fingerprint density at radius 3 is 2.54 bits per heavy atom. The molecular formula is C18H21ClN2O4S. The van der Waals surface area contributed by atoms with Crippen molar-refractivity contribution in [3.63, 3.8) is 0 Å². The van der Waals surface area contributed by atoms with Gasteiger partial charge in [-0.1, -0.05) is 29.3 Å². The van der Waals surface area contributed by atoms with Crippen LogP contribution in [0.2, 0.25) is 5.02 Å². The summed E-state index contributed by atoms with van der Waals surface area (Å²) >= 11 is 5.91. The average molecular weight is 397 g/mol. The van der Waals surface area contributed by atoms with Gasteiger partial charge in [0.15, 0.2) is 0 Å². The van der Waals surface area contributed by atoms with Crippen molar-refractivity contribution in [1.29, 1.82) is 0 Å². The summed E-state index contributed by atoms with van der Waals surface area (Å²) in [5.41, 5.74) is 2.38. The molecule has 0 fully saturated rings. The van der Waals surface area contributed by atoms with Crippen LogP contribution in [0.25, 0.3) is 0 Å². The van der Waals surface area contributed by atoms with Gasteiger partial charge in [-0.05, 0) is 50.7 Å². The summed E-state index contributed by atoms with van der Waals surface area (Å²) in [6, 6.07) is 9.96. The first-order valence-electron chi connectivity index (χ1n) is 7.96. The Morgan fingerprint density at radius 2 is 1.88 bits per heavy atom. The van der Waals surface area contributed by atoms with Crippen LogP contribution in [0, 0.1) is 13.8 Å². The molecule has 1 amide bonds. The van der Waals surface area contributed by atoms with Gasteiger partial charge in [0.05, 0.1) is 11.6 Å². The van der Waals surface area contributed by atoms with Crippen molar-refractivity contribution < 1.29 is 17.9 Å². The maximum Gasteiger partial charge on any atom is 0.251 e. The maximum atomic E-state index is 12.2. The molecule has 0 aliphatic rings. The molecule has 2 aromatic carbocycles. The summed E-state index contributed by atoms with van der Waals surface area (Å²) in [6.07, 6.45) is 0. The van der Waals surface area contributed by atoms with Crippen LogP contribution >= 0.6 is 11.6 Å². The number of hydrogen-bond donors (Lipinski definition) is 2. The zero-order valence-corrected chi connectivity index (χ0v) is 16.4. The van der Waals surface area contributed by atoms with E-state index in [0.29, 0.717) is 6.61 Å². The van der Waals surface area contributed by atoms with Gasteiger partial charge in [-0.15, -0.1) is 0 Å². The van der Waals surface area contributed by atoms with E-state index in [-0.39, 0.29) is 22.0 Å². The molecule has 0 saturated carbocycles. The van der Waals surface area contributed by atoms with Gasteiger partial charge in [-0.3, -0.25) is 4.79 Å². The second-order valence-electron chi connectivity index (χ2n) is 5.73. The van der Waals surface area contributed by atoms with Crippen LogP contribution in [0.5, 0.6) is 5.75 Å². The van der Waals surface area contributed by atoms with Crippen molar-refractivity contribution in [3.8, 4) is 5.75 Å². The fourth-order valence-corrected chi connectivity index (χ4v) is 3.60. The highest BCUT2D eigenvalue weighted by Crippen LogP contribution is 2.22. The molecule has 0 bridgehead atoms. The van der Waals surface area contributed by atoms with Crippen LogP contribution in [0.15, 0.2) is 41.3 Å². The molecule has 26 heavy (non-hydrogen) atoms. The van der Waals surface area contributed by atoms with Gasteiger partial charge in [-0.2, -0.15) is 0 Å². The van der Waals surface area contributed by atoms with E-state index in [1.807, 2.05) is 32.0 Å². The van der Waals surface area contributed by atoms with E-state index in [0.717, 1.165) is 16.9 Å². The van der Waals surface area contributed by atoms with Gasteiger partial charge < -0.3 is 10.1 Å². The highest BCUT2D eigenvalue weighted by Gasteiger charge is 2.18. The fourth-order valence-electron chi connectivity index (χ4n) is 2.35. The SMILES string of the molecule is CNS(=O)(=O)c1cc(C(=O)NCCOc2ccc(C)cc2C)ccc1Cl. The van der Waals surface area contributed by atoms with Crippen molar-refractivity contribution in [2.45, 2.75) is 18.7 Å². The number of ether oxygens (including phenoxy) is 1. The molecule has 0 aliphatic heterocycles. The van der Waals surface area contributed by atoms with Crippen molar-refractivity contribution >= 4 is 27.5 Å². The molecule has 0 atom stereocenters. The lowest BCUT2D eigenvalue weighted by molar-refractivity contribution is 0.0946. The molecule has 0 aromatic heterocycles. The van der Waals surface area contributed by atoms with Gasteiger partial charge in [0.2, 0.25) is 10.0 Å². The second-order valence-corrected chi connectivity index (χ2v) is 7.99. The highest BCUT2D eigenvalue weighted by molar-refractivity contribution is 7.89. The maximum absolute atomic E-state index is 12.2. The van der Waals surface area contributed by atoms with Gasteiger partial charge in [0, 0.05) is 5.56 Å². The van der Waals surface area contributed by atoms with Gasteiger partial charge in [-0.25, -0.2) is 13.1 Å². The van der Waals surface area contributed by atoms with Gasteiger partial charge in [0.1, 0.15) is 17.3 Å². The molecule has 0 radical (unpaired) electrons. The molecule has 0 saturated heterocycles. The van der Waals surface area contributed by atoms with Crippen molar-refractivity contribution in [2.24, 2.45) is 0 Å². The quantitative estimate of drug-likeness (QED) is 0.704. The number of sulfonamides is 1. The Bertz CT molecular complexity index is 913. The monoisotopic (exact) mass is 396 g/mol. The molecular weight excluding hydrogens is 376 g/mol. The highest BCUT2D eigenvalue weighted by atomic mass is 35.5. The Labute approximate surface area is 158 Å². The lowest BCUT2D eigenvalue weighted by Crippen LogP contribution is -2.28. The van der Waals surface area contributed by atoms with Gasteiger partial charge in [0.25, 0.3) is 5.91 Å². The van der Waals surface area contributed by atoms with E-state index in [1.54, 1.807) is 0 Å². The number of rotatable bonds is 7. The van der Waals surface area contributed by atoms with E-state index in [1.165, 1.54) is 25.2 Å². The molecule has 2 rings (SSSR count). The van der Waals surface area contributed by atoms with E-state index in [9.17, 15) is 13.2 Å². The minimum Gasteiger partial charge on any atom is -0.491 e. The Hall–Kier alpha value is -2.09. The number of benzene rings is 2. The van der Waals surface area contributed by atoms with Crippen LogP contribution in [0.1, 0.15) is 21.5 Å². The zero-order valence-electron chi connectivity index (χ0n) is 14.8. The van der Waals surface area contributed by atoms with Crippen molar-refractivity contribution in [3.05, 3.63) is 58.1 Å². The Kier molecular flexibility index (Phi) is 6.63. The minimum absolute atomic E-state index is 0.0501. The van der Waals surface area contributed by atoms with Crippen LogP contribution in [0.3, 0.4) is 0 Å². The number of aryl methyl sites for hydroxylation is 2. The lowest BCUT2D eigenvalue weighted by Gasteiger charge is -2.11.